The molecule has 1 unspecified atom stereocenters. The first-order chi connectivity index (χ1) is 10.1. The van der Waals surface area contributed by atoms with Gasteiger partial charge >= 0.3 is 0 Å². The van der Waals surface area contributed by atoms with Crippen molar-refractivity contribution in [1.29, 1.82) is 0 Å². The number of benzene rings is 1. The van der Waals surface area contributed by atoms with Crippen LogP contribution in [0.2, 0.25) is 5.02 Å². The quantitative estimate of drug-likeness (QED) is 0.843. The summed E-state index contributed by atoms with van der Waals surface area (Å²) >= 11 is 7.72. The number of ketones is 1. The minimum Gasteiger partial charge on any atom is -0.361 e. The minimum absolute atomic E-state index is 0.0724. The number of carbonyl (C=O) groups excluding carboxylic acids is 1. The van der Waals surface area contributed by atoms with Gasteiger partial charge in [0.05, 0.1) is 5.02 Å². The summed E-state index contributed by atoms with van der Waals surface area (Å²) in [7, 11) is 0. The average molecular weight is 322 g/mol. The van der Waals surface area contributed by atoms with Crippen LogP contribution in [0.4, 0.5) is 4.39 Å². The maximum absolute atomic E-state index is 13.4. The fourth-order valence-corrected chi connectivity index (χ4v) is 4.78. The molecule has 1 aromatic rings. The molecule has 1 aliphatic carbocycles. The molecular weight excluding hydrogens is 309 g/mol. The van der Waals surface area contributed by atoms with Gasteiger partial charge in [-0.2, -0.15) is 0 Å². The predicted molar refractivity (Wildman–Crippen MR) is 82.7 cm³/mol. The fourth-order valence-electron chi connectivity index (χ4n) is 3.32. The van der Waals surface area contributed by atoms with E-state index in [0.717, 1.165) is 35.4 Å². The Bertz CT molecular complexity index is 725. The SMILES string of the molecule is O=C1CCC2=C1C(c1ccc(F)c(Cl)c1)C1=C(CCS1)N2. The standard InChI is InChI=1S/C16H13ClFNOS/c17-9-7-8(1-2-10(9)18)14-15-11(3-4-13(15)20)19-12-5-6-21-16(12)14/h1-2,7,14,19H,3-6H2. The van der Waals surface area contributed by atoms with Crippen molar-refractivity contribution in [2.45, 2.75) is 25.2 Å². The second-order valence-corrected chi connectivity index (χ2v) is 7.03. The van der Waals surface area contributed by atoms with Gasteiger partial charge in [-0.3, -0.25) is 4.79 Å². The number of dihydropyridines is 1. The monoisotopic (exact) mass is 321 g/mol. The van der Waals surface area contributed by atoms with Gasteiger partial charge in [0, 0.05) is 40.0 Å². The van der Waals surface area contributed by atoms with Gasteiger partial charge in [0.1, 0.15) is 5.82 Å². The van der Waals surface area contributed by atoms with E-state index in [9.17, 15) is 9.18 Å². The second kappa shape index (κ2) is 4.89. The molecule has 0 aromatic heterocycles. The zero-order chi connectivity index (χ0) is 14.6. The van der Waals surface area contributed by atoms with Crippen molar-refractivity contribution in [1.82, 2.24) is 5.32 Å². The number of carbonyl (C=O) groups is 1. The lowest BCUT2D eigenvalue weighted by Gasteiger charge is -2.27. The molecule has 2 nitrogen and oxygen atoms in total. The highest BCUT2D eigenvalue weighted by atomic mass is 35.5. The predicted octanol–water partition coefficient (Wildman–Crippen LogP) is 4.13. The summed E-state index contributed by atoms with van der Waals surface area (Å²) in [5.41, 5.74) is 4.03. The number of Topliss-reactive ketones (excluding diaryl/α,β-unsaturated/α-hetero) is 1. The molecule has 5 heteroatoms. The summed E-state index contributed by atoms with van der Waals surface area (Å²) in [6.45, 7) is 0. The first-order valence-electron chi connectivity index (χ1n) is 6.99. The molecule has 21 heavy (non-hydrogen) atoms. The van der Waals surface area contributed by atoms with Crippen LogP contribution in [0.1, 0.15) is 30.7 Å². The molecule has 1 N–H and O–H groups in total. The molecule has 1 atom stereocenters. The molecule has 3 aliphatic rings. The second-order valence-electron chi connectivity index (χ2n) is 5.49. The highest BCUT2D eigenvalue weighted by Crippen LogP contribution is 2.50. The molecule has 2 heterocycles. The molecule has 0 spiro atoms. The zero-order valence-corrected chi connectivity index (χ0v) is 12.8. The fraction of sp³-hybridized carbons (Fsp3) is 0.312. The molecule has 0 saturated heterocycles. The third-order valence-electron chi connectivity index (χ3n) is 4.26. The van der Waals surface area contributed by atoms with Crippen molar-refractivity contribution in [3.63, 3.8) is 0 Å². The third-order valence-corrected chi connectivity index (χ3v) is 5.76. The Morgan fingerprint density at radius 2 is 2.10 bits per heavy atom. The van der Waals surface area contributed by atoms with E-state index in [-0.39, 0.29) is 16.7 Å². The van der Waals surface area contributed by atoms with E-state index in [0.29, 0.717) is 6.42 Å². The normalized spacial score (nSPS) is 24.3. The van der Waals surface area contributed by atoms with Crippen LogP contribution in [0.15, 0.2) is 40.1 Å². The first kappa shape index (κ1) is 13.4. The molecule has 0 saturated carbocycles. The molecule has 1 aromatic carbocycles. The van der Waals surface area contributed by atoms with Crippen LogP contribution in [0, 0.1) is 5.82 Å². The lowest BCUT2D eigenvalue weighted by atomic mass is 9.86. The number of nitrogens with one attached hydrogen (secondary N) is 1. The van der Waals surface area contributed by atoms with Gasteiger partial charge in [-0.15, -0.1) is 11.8 Å². The molecular formula is C16H13ClFNOS. The smallest absolute Gasteiger partial charge is 0.161 e. The van der Waals surface area contributed by atoms with Gasteiger partial charge in [-0.25, -0.2) is 4.39 Å². The zero-order valence-electron chi connectivity index (χ0n) is 11.2. The molecule has 4 rings (SSSR count). The van der Waals surface area contributed by atoms with Crippen LogP contribution in [0.25, 0.3) is 0 Å². The lowest BCUT2D eigenvalue weighted by molar-refractivity contribution is -0.115. The number of hydrogen-bond donors (Lipinski definition) is 1. The van der Waals surface area contributed by atoms with Crippen LogP contribution in [-0.4, -0.2) is 11.5 Å². The minimum atomic E-state index is -0.422. The summed E-state index contributed by atoms with van der Waals surface area (Å²) in [6.07, 6.45) is 2.34. The van der Waals surface area contributed by atoms with E-state index in [4.69, 9.17) is 11.6 Å². The van der Waals surface area contributed by atoms with E-state index >= 15 is 0 Å². The first-order valence-corrected chi connectivity index (χ1v) is 8.35. The van der Waals surface area contributed by atoms with Crippen molar-refractivity contribution in [3.8, 4) is 0 Å². The Hall–Kier alpha value is -1.26. The molecule has 108 valence electrons. The highest BCUT2D eigenvalue weighted by Gasteiger charge is 2.39. The Kier molecular flexibility index (Phi) is 3.12. The largest absolute Gasteiger partial charge is 0.361 e. The van der Waals surface area contributed by atoms with Gasteiger partial charge in [0.2, 0.25) is 0 Å². The summed E-state index contributed by atoms with van der Waals surface area (Å²) in [6, 6.07) is 4.79. The van der Waals surface area contributed by atoms with Crippen molar-refractivity contribution in [2.75, 3.05) is 5.75 Å². The van der Waals surface area contributed by atoms with Gasteiger partial charge in [-0.05, 0) is 30.5 Å². The number of thioether (sulfide) groups is 1. The van der Waals surface area contributed by atoms with Crippen LogP contribution < -0.4 is 5.32 Å². The van der Waals surface area contributed by atoms with Crippen LogP contribution in [0.3, 0.4) is 0 Å². The average Bonchev–Trinajstić information content (AvgIpc) is 3.07. The molecule has 2 aliphatic heterocycles. The van der Waals surface area contributed by atoms with Crippen LogP contribution in [0.5, 0.6) is 0 Å². The maximum Gasteiger partial charge on any atom is 0.161 e. The van der Waals surface area contributed by atoms with E-state index in [1.54, 1.807) is 23.9 Å². The van der Waals surface area contributed by atoms with E-state index in [2.05, 4.69) is 5.32 Å². The highest BCUT2D eigenvalue weighted by molar-refractivity contribution is 8.03. The van der Waals surface area contributed by atoms with Gasteiger partial charge in [0.25, 0.3) is 0 Å². The van der Waals surface area contributed by atoms with Crippen molar-refractivity contribution in [3.05, 3.63) is 56.5 Å². The van der Waals surface area contributed by atoms with Crippen molar-refractivity contribution >= 4 is 29.1 Å². The van der Waals surface area contributed by atoms with Crippen molar-refractivity contribution < 1.29 is 9.18 Å². The van der Waals surface area contributed by atoms with Gasteiger partial charge in [0.15, 0.2) is 5.78 Å². The molecule has 0 radical (unpaired) electrons. The molecule has 0 fully saturated rings. The number of rotatable bonds is 1. The topological polar surface area (TPSA) is 29.1 Å². The summed E-state index contributed by atoms with van der Waals surface area (Å²) in [5.74, 6) is 0.728. The van der Waals surface area contributed by atoms with Crippen molar-refractivity contribution in [2.24, 2.45) is 0 Å². The van der Waals surface area contributed by atoms with E-state index in [1.807, 2.05) is 0 Å². The van der Waals surface area contributed by atoms with Gasteiger partial charge < -0.3 is 5.32 Å². The molecule has 0 bridgehead atoms. The molecule has 0 amide bonds. The Balaban J connectivity index is 1.87. The van der Waals surface area contributed by atoms with Crippen LogP contribution >= 0.6 is 23.4 Å². The number of halogens is 2. The maximum atomic E-state index is 13.4. The Labute approximate surface area is 131 Å². The van der Waals surface area contributed by atoms with Crippen LogP contribution in [-0.2, 0) is 4.79 Å². The Morgan fingerprint density at radius 3 is 2.90 bits per heavy atom. The summed E-state index contributed by atoms with van der Waals surface area (Å²) in [5, 5.41) is 3.56. The number of allylic oxidation sites excluding steroid dienone is 4. The van der Waals surface area contributed by atoms with Gasteiger partial charge in [-0.1, -0.05) is 17.7 Å². The van der Waals surface area contributed by atoms with E-state index < -0.39 is 5.82 Å². The lowest BCUT2D eigenvalue weighted by Crippen LogP contribution is -2.23. The van der Waals surface area contributed by atoms with E-state index in [1.165, 1.54) is 16.7 Å². The number of hydrogen-bond acceptors (Lipinski definition) is 3. The Morgan fingerprint density at radius 1 is 1.24 bits per heavy atom. The summed E-state index contributed by atoms with van der Waals surface area (Å²) in [4.78, 5) is 13.5. The third kappa shape index (κ3) is 2.04. The summed E-state index contributed by atoms with van der Waals surface area (Å²) < 4.78 is 13.4.